The lowest BCUT2D eigenvalue weighted by Gasteiger charge is -2.14. The van der Waals surface area contributed by atoms with Crippen LogP contribution in [0.25, 0.3) is 0 Å². The van der Waals surface area contributed by atoms with Gasteiger partial charge in [-0.2, -0.15) is 0 Å². The van der Waals surface area contributed by atoms with Crippen LogP contribution in [0.15, 0.2) is 18.2 Å². The maximum absolute atomic E-state index is 10.9. The molecule has 1 fully saturated rings. The van der Waals surface area contributed by atoms with Gasteiger partial charge in [0.2, 0.25) is 0 Å². The number of nitro benzene ring substituents is 1. The van der Waals surface area contributed by atoms with E-state index in [0.29, 0.717) is 18.7 Å². The zero-order chi connectivity index (χ0) is 13.8. The number of nitrogens with zero attached hydrogens (tertiary/aromatic N) is 1. The largest absolute Gasteiger partial charge is 0.381 e. The summed E-state index contributed by atoms with van der Waals surface area (Å²) in [6.07, 6.45) is 3.56. The lowest BCUT2D eigenvalue weighted by molar-refractivity contribution is -0.385. The van der Waals surface area contributed by atoms with Crippen molar-refractivity contribution in [1.82, 2.24) is 5.32 Å². The Kier molecular flexibility index (Phi) is 4.50. The number of nitro groups is 1. The minimum Gasteiger partial charge on any atom is -0.381 e. The van der Waals surface area contributed by atoms with Crippen LogP contribution in [0.4, 0.5) is 5.69 Å². The van der Waals surface area contributed by atoms with Gasteiger partial charge in [-0.05, 0) is 31.7 Å². The van der Waals surface area contributed by atoms with Crippen molar-refractivity contribution in [3.05, 3.63) is 39.4 Å². The molecule has 2 unspecified atom stereocenters. The molecular formula is C14H20N2O3. The van der Waals surface area contributed by atoms with Gasteiger partial charge in [-0.15, -0.1) is 0 Å². The number of methoxy groups -OCH3 is 1. The topological polar surface area (TPSA) is 64.4 Å². The van der Waals surface area contributed by atoms with Crippen LogP contribution in [-0.2, 0) is 11.3 Å². The molecule has 0 aromatic heterocycles. The number of rotatable bonds is 5. The van der Waals surface area contributed by atoms with Crippen LogP contribution in [-0.4, -0.2) is 24.2 Å². The Hall–Kier alpha value is -1.46. The molecule has 0 bridgehead atoms. The fraction of sp³-hybridized carbons (Fsp3) is 0.571. The van der Waals surface area contributed by atoms with Crippen molar-refractivity contribution in [3.63, 3.8) is 0 Å². The normalized spacial score (nSPS) is 22.6. The molecule has 2 rings (SSSR count). The molecule has 1 saturated carbocycles. The van der Waals surface area contributed by atoms with E-state index in [1.165, 1.54) is 0 Å². The third-order valence-corrected chi connectivity index (χ3v) is 3.91. The van der Waals surface area contributed by atoms with E-state index in [1.54, 1.807) is 19.2 Å². The number of nitrogens with one attached hydrogen (secondary N) is 1. The second kappa shape index (κ2) is 6.12. The molecule has 0 spiro atoms. The Balaban J connectivity index is 1.97. The summed E-state index contributed by atoms with van der Waals surface area (Å²) in [7, 11) is 1.75. The molecule has 1 N–H and O–H groups in total. The van der Waals surface area contributed by atoms with E-state index < -0.39 is 0 Å². The molecule has 0 aliphatic heterocycles. The molecule has 1 aromatic carbocycles. The summed E-state index contributed by atoms with van der Waals surface area (Å²) < 4.78 is 5.34. The Morgan fingerprint density at radius 2 is 2.26 bits per heavy atom. The second-order valence-corrected chi connectivity index (χ2v) is 5.07. The number of hydrogen-bond donors (Lipinski definition) is 1. The molecule has 0 amide bonds. The smallest absolute Gasteiger partial charge is 0.272 e. The van der Waals surface area contributed by atoms with Gasteiger partial charge in [0, 0.05) is 31.3 Å². The van der Waals surface area contributed by atoms with Crippen molar-refractivity contribution in [1.29, 1.82) is 0 Å². The first-order valence-corrected chi connectivity index (χ1v) is 6.61. The van der Waals surface area contributed by atoms with Crippen LogP contribution in [0, 0.1) is 17.0 Å². The molecule has 5 heteroatoms. The van der Waals surface area contributed by atoms with Crippen LogP contribution in [0.3, 0.4) is 0 Å². The minimum absolute atomic E-state index is 0.195. The lowest BCUT2D eigenvalue weighted by Crippen LogP contribution is -2.27. The molecule has 19 heavy (non-hydrogen) atoms. The van der Waals surface area contributed by atoms with Gasteiger partial charge in [-0.3, -0.25) is 10.1 Å². The molecule has 0 heterocycles. The number of benzene rings is 1. The molecule has 104 valence electrons. The Morgan fingerprint density at radius 3 is 2.89 bits per heavy atom. The molecule has 0 saturated heterocycles. The van der Waals surface area contributed by atoms with Crippen LogP contribution >= 0.6 is 0 Å². The predicted molar refractivity (Wildman–Crippen MR) is 73.1 cm³/mol. The van der Waals surface area contributed by atoms with E-state index in [-0.39, 0.29) is 10.6 Å². The SMILES string of the molecule is COC1CCC(NCc2cccc([N+](=O)[O-])c2C)C1. The quantitative estimate of drug-likeness (QED) is 0.655. The van der Waals surface area contributed by atoms with Crippen molar-refractivity contribution in [2.24, 2.45) is 0 Å². The fourth-order valence-electron chi connectivity index (χ4n) is 2.65. The molecule has 5 nitrogen and oxygen atoms in total. The van der Waals surface area contributed by atoms with Crippen LogP contribution in [0.1, 0.15) is 30.4 Å². The third kappa shape index (κ3) is 3.30. The highest BCUT2D eigenvalue weighted by Crippen LogP contribution is 2.24. The summed E-state index contributed by atoms with van der Waals surface area (Å²) in [5.74, 6) is 0. The summed E-state index contributed by atoms with van der Waals surface area (Å²) in [5, 5.41) is 14.4. The summed E-state index contributed by atoms with van der Waals surface area (Å²) in [5.41, 5.74) is 1.94. The fourth-order valence-corrected chi connectivity index (χ4v) is 2.65. The van der Waals surface area contributed by atoms with Gasteiger partial charge in [-0.1, -0.05) is 12.1 Å². The summed E-state index contributed by atoms with van der Waals surface area (Å²) in [6.45, 7) is 2.48. The van der Waals surface area contributed by atoms with Crippen molar-refractivity contribution >= 4 is 5.69 Å². The lowest BCUT2D eigenvalue weighted by atomic mass is 10.1. The highest BCUT2D eigenvalue weighted by atomic mass is 16.6. The maximum Gasteiger partial charge on any atom is 0.272 e. The second-order valence-electron chi connectivity index (χ2n) is 5.07. The molecule has 0 radical (unpaired) electrons. The van der Waals surface area contributed by atoms with E-state index in [9.17, 15) is 10.1 Å². The average molecular weight is 264 g/mol. The van der Waals surface area contributed by atoms with E-state index >= 15 is 0 Å². The Morgan fingerprint density at radius 1 is 1.47 bits per heavy atom. The van der Waals surface area contributed by atoms with Crippen LogP contribution < -0.4 is 5.32 Å². The Bertz CT molecular complexity index is 462. The van der Waals surface area contributed by atoms with E-state index in [2.05, 4.69) is 5.32 Å². The zero-order valence-electron chi connectivity index (χ0n) is 11.4. The number of hydrogen-bond acceptors (Lipinski definition) is 4. The van der Waals surface area contributed by atoms with E-state index in [1.807, 2.05) is 13.0 Å². The first-order chi connectivity index (χ1) is 9.11. The van der Waals surface area contributed by atoms with E-state index in [0.717, 1.165) is 30.4 Å². The monoisotopic (exact) mass is 264 g/mol. The summed E-state index contributed by atoms with van der Waals surface area (Å²) >= 11 is 0. The standard InChI is InChI=1S/C14H20N2O3/c1-10-11(4-3-5-14(10)16(17)18)9-15-12-6-7-13(8-12)19-2/h3-5,12-13,15H,6-9H2,1-2H3. The first-order valence-electron chi connectivity index (χ1n) is 6.61. The Labute approximate surface area is 113 Å². The molecule has 1 aromatic rings. The van der Waals surface area contributed by atoms with Crippen molar-refractivity contribution < 1.29 is 9.66 Å². The summed E-state index contributed by atoms with van der Waals surface area (Å²) in [4.78, 5) is 10.6. The van der Waals surface area contributed by atoms with Gasteiger partial charge in [0.15, 0.2) is 0 Å². The molecular weight excluding hydrogens is 244 g/mol. The predicted octanol–water partition coefficient (Wildman–Crippen LogP) is 2.56. The number of ether oxygens (including phenoxy) is 1. The average Bonchev–Trinajstić information content (AvgIpc) is 2.85. The van der Waals surface area contributed by atoms with Crippen molar-refractivity contribution in [2.45, 2.75) is 44.9 Å². The summed E-state index contributed by atoms with van der Waals surface area (Å²) in [6, 6.07) is 5.69. The van der Waals surface area contributed by atoms with Gasteiger partial charge in [-0.25, -0.2) is 0 Å². The van der Waals surface area contributed by atoms with Gasteiger partial charge in [0.05, 0.1) is 11.0 Å². The van der Waals surface area contributed by atoms with Crippen LogP contribution in [0.5, 0.6) is 0 Å². The molecule has 1 aliphatic rings. The van der Waals surface area contributed by atoms with Gasteiger partial charge in [0.25, 0.3) is 5.69 Å². The highest BCUT2D eigenvalue weighted by Gasteiger charge is 2.24. The third-order valence-electron chi connectivity index (χ3n) is 3.91. The van der Waals surface area contributed by atoms with Crippen LogP contribution in [0.2, 0.25) is 0 Å². The van der Waals surface area contributed by atoms with E-state index in [4.69, 9.17) is 4.74 Å². The van der Waals surface area contributed by atoms with Gasteiger partial charge < -0.3 is 10.1 Å². The zero-order valence-corrected chi connectivity index (χ0v) is 11.4. The first kappa shape index (κ1) is 14.0. The van der Waals surface area contributed by atoms with Crippen molar-refractivity contribution in [2.75, 3.05) is 7.11 Å². The van der Waals surface area contributed by atoms with Gasteiger partial charge >= 0.3 is 0 Å². The van der Waals surface area contributed by atoms with Gasteiger partial charge in [0.1, 0.15) is 0 Å². The molecule has 1 aliphatic carbocycles. The maximum atomic E-state index is 10.9. The minimum atomic E-state index is -0.324. The molecule has 2 atom stereocenters. The van der Waals surface area contributed by atoms with Crippen molar-refractivity contribution in [3.8, 4) is 0 Å². The highest BCUT2D eigenvalue weighted by molar-refractivity contribution is 5.44.